The molecule has 2 heterocycles. The summed E-state index contributed by atoms with van der Waals surface area (Å²) in [4.78, 5) is 4.56. The number of para-hydroxylation sites is 2. The van der Waals surface area contributed by atoms with Gasteiger partial charge in [0.15, 0.2) is 0 Å². The first-order chi connectivity index (χ1) is 14.3. The van der Waals surface area contributed by atoms with Gasteiger partial charge in [0.05, 0.1) is 16.4 Å². The lowest BCUT2D eigenvalue weighted by Gasteiger charge is -2.06. The molecule has 0 amide bonds. The number of fused-ring (bicyclic) bond motifs is 2. The van der Waals surface area contributed by atoms with Crippen LogP contribution in [0.5, 0.6) is 0 Å². The molecule has 0 aliphatic heterocycles. The molecule has 0 spiro atoms. The van der Waals surface area contributed by atoms with E-state index >= 15 is 0 Å². The quantitative estimate of drug-likeness (QED) is 0.290. The summed E-state index contributed by atoms with van der Waals surface area (Å²) in [7, 11) is 0. The summed E-state index contributed by atoms with van der Waals surface area (Å²) in [6.07, 6.45) is 4.04. The van der Waals surface area contributed by atoms with Crippen LogP contribution in [0.25, 0.3) is 21.1 Å². The Hall–Kier alpha value is -3.44. The zero-order valence-corrected chi connectivity index (χ0v) is 16.9. The number of thiazole rings is 1. The van der Waals surface area contributed by atoms with Crippen LogP contribution >= 0.6 is 11.3 Å². The maximum atomic E-state index is 4.56. The average molecular weight is 397 g/mol. The molecule has 0 aliphatic carbocycles. The number of nitrogens with one attached hydrogen (secondary N) is 1. The molecule has 3 aromatic carbocycles. The van der Waals surface area contributed by atoms with Crippen LogP contribution in [-0.4, -0.2) is 15.8 Å². The molecule has 5 rings (SSSR count). The zero-order chi connectivity index (χ0) is 19.6. The maximum absolute atomic E-state index is 4.56. The number of benzene rings is 3. The summed E-state index contributed by atoms with van der Waals surface area (Å²) in [5, 5.41) is 6.44. The Kier molecular flexibility index (Phi) is 4.58. The number of nitrogens with zero attached hydrogens (tertiary/aromatic N) is 3. The van der Waals surface area contributed by atoms with Gasteiger partial charge >= 0.3 is 0 Å². The second-order valence-electron chi connectivity index (χ2n) is 7.08. The van der Waals surface area contributed by atoms with Gasteiger partial charge in [-0.15, -0.1) is 0 Å². The number of aryl methyl sites for hydroxylation is 1. The summed E-state index contributed by atoms with van der Waals surface area (Å²) in [6, 6.07) is 25.2. The third-order valence-corrected chi connectivity index (χ3v) is 5.85. The first-order valence-corrected chi connectivity index (χ1v) is 10.4. The topological polar surface area (TPSA) is 42.2 Å². The van der Waals surface area contributed by atoms with Crippen molar-refractivity contribution in [2.24, 2.45) is 5.10 Å². The molecule has 5 heteroatoms. The number of anilines is 1. The highest BCUT2D eigenvalue weighted by molar-refractivity contribution is 7.22. The fourth-order valence-corrected chi connectivity index (χ4v) is 4.41. The lowest BCUT2D eigenvalue weighted by molar-refractivity contribution is 0.835. The van der Waals surface area contributed by atoms with Gasteiger partial charge in [-0.25, -0.2) is 4.98 Å². The smallest absolute Gasteiger partial charge is 0.204 e. The highest BCUT2D eigenvalue weighted by Gasteiger charge is 2.07. The molecule has 0 aliphatic rings. The second kappa shape index (κ2) is 7.53. The Morgan fingerprint density at radius 2 is 1.90 bits per heavy atom. The summed E-state index contributed by atoms with van der Waals surface area (Å²) in [5.41, 5.74) is 8.93. The van der Waals surface area contributed by atoms with Crippen LogP contribution < -0.4 is 5.43 Å². The average Bonchev–Trinajstić information content (AvgIpc) is 3.30. The van der Waals surface area contributed by atoms with E-state index in [0.29, 0.717) is 0 Å². The van der Waals surface area contributed by atoms with E-state index in [2.05, 4.69) is 87.8 Å². The molecule has 0 saturated heterocycles. The summed E-state index contributed by atoms with van der Waals surface area (Å²) in [6.45, 7) is 2.96. The number of hydrogen-bond donors (Lipinski definition) is 1. The molecule has 0 unspecified atom stereocenters. The van der Waals surface area contributed by atoms with Crippen molar-refractivity contribution in [2.45, 2.75) is 13.5 Å². The molecule has 1 N–H and O–H groups in total. The summed E-state index contributed by atoms with van der Waals surface area (Å²) < 4.78 is 3.43. The SMILES string of the molecule is Cc1cccc(Cn2cc(/C=N/Nc3nc4ccccc4s3)c3ccccc32)c1. The van der Waals surface area contributed by atoms with Crippen molar-refractivity contribution in [1.29, 1.82) is 0 Å². The zero-order valence-electron chi connectivity index (χ0n) is 16.0. The van der Waals surface area contributed by atoms with E-state index in [-0.39, 0.29) is 0 Å². The molecule has 0 saturated carbocycles. The Morgan fingerprint density at radius 3 is 2.79 bits per heavy atom. The van der Waals surface area contributed by atoms with Gasteiger partial charge in [0.1, 0.15) is 0 Å². The number of aromatic nitrogens is 2. The third kappa shape index (κ3) is 3.65. The first kappa shape index (κ1) is 17.6. The Morgan fingerprint density at radius 1 is 1.03 bits per heavy atom. The molecule has 29 heavy (non-hydrogen) atoms. The van der Waals surface area contributed by atoms with Gasteiger partial charge in [-0.1, -0.05) is 71.5 Å². The van der Waals surface area contributed by atoms with E-state index in [4.69, 9.17) is 0 Å². The van der Waals surface area contributed by atoms with Crippen molar-refractivity contribution in [3.05, 3.63) is 95.7 Å². The Balaban J connectivity index is 1.43. The minimum absolute atomic E-state index is 0.797. The van der Waals surface area contributed by atoms with Crippen LogP contribution in [-0.2, 0) is 6.54 Å². The van der Waals surface area contributed by atoms with Crippen molar-refractivity contribution in [2.75, 3.05) is 5.43 Å². The number of hydrazone groups is 1. The Bertz CT molecular complexity index is 1300. The van der Waals surface area contributed by atoms with Crippen LogP contribution in [0, 0.1) is 6.92 Å². The second-order valence-corrected chi connectivity index (χ2v) is 8.11. The monoisotopic (exact) mass is 396 g/mol. The maximum Gasteiger partial charge on any atom is 0.204 e. The van der Waals surface area contributed by atoms with Crippen LogP contribution in [0.3, 0.4) is 0 Å². The summed E-state index contributed by atoms with van der Waals surface area (Å²) >= 11 is 1.60. The van der Waals surface area contributed by atoms with Gasteiger partial charge in [-0.3, -0.25) is 5.43 Å². The number of rotatable bonds is 5. The fraction of sp³-hybridized carbons (Fsp3) is 0.0833. The molecule has 142 valence electrons. The van der Waals surface area contributed by atoms with Crippen LogP contribution in [0.4, 0.5) is 5.13 Å². The van der Waals surface area contributed by atoms with Gasteiger partial charge in [0, 0.05) is 29.2 Å². The van der Waals surface area contributed by atoms with Crippen molar-refractivity contribution in [1.82, 2.24) is 9.55 Å². The molecule has 4 nitrogen and oxygen atoms in total. The predicted molar refractivity (Wildman–Crippen MR) is 123 cm³/mol. The molecule has 2 aromatic heterocycles. The molecule has 5 aromatic rings. The van der Waals surface area contributed by atoms with Crippen LogP contribution in [0.1, 0.15) is 16.7 Å². The van der Waals surface area contributed by atoms with Gasteiger partial charge in [-0.2, -0.15) is 5.10 Å². The fourth-order valence-electron chi connectivity index (χ4n) is 3.59. The molecule has 0 radical (unpaired) electrons. The standard InChI is InChI=1S/C24H20N4S/c1-17-7-6-8-18(13-17)15-28-16-19(20-9-2-4-11-22(20)28)14-25-27-24-26-21-10-3-5-12-23(21)29-24/h2-14,16H,15H2,1H3,(H,26,27)/b25-14+. The molecule has 0 bridgehead atoms. The molecular formula is C24H20N4S. The van der Waals surface area contributed by atoms with E-state index in [1.807, 2.05) is 24.4 Å². The summed E-state index contributed by atoms with van der Waals surface area (Å²) in [5.74, 6) is 0. The first-order valence-electron chi connectivity index (χ1n) is 9.54. The van der Waals surface area contributed by atoms with Crippen LogP contribution in [0.2, 0.25) is 0 Å². The highest BCUT2D eigenvalue weighted by atomic mass is 32.1. The minimum atomic E-state index is 0.797. The van der Waals surface area contributed by atoms with E-state index in [0.717, 1.165) is 27.5 Å². The lowest BCUT2D eigenvalue weighted by atomic mass is 10.1. The van der Waals surface area contributed by atoms with Crippen molar-refractivity contribution >= 4 is 43.8 Å². The molecule has 0 atom stereocenters. The highest BCUT2D eigenvalue weighted by Crippen LogP contribution is 2.25. The van der Waals surface area contributed by atoms with E-state index in [1.165, 1.54) is 22.0 Å². The molecular weight excluding hydrogens is 376 g/mol. The van der Waals surface area contributed by atoms with E-state index in [9.17, 15) is 0 Å². The number of hydrogen-bond acceptors (Lipinski definition) is 4. The normalized spacial score (nSPS) is 11.6. The van der Waals surface area contributed by atoms with Crippen LogP contribution in [0.15, 0.2) is 84.1 Å². The van der Waals surface area contributed by atoms with E-state index < -0.39 is 0 Å². The van der Waals surface area contributed by atoms with Gasteiger partial charge in [-0.05, 0) is 30.7 Å². The Labute approximate surface area is 173 Å². The van der Waals surface area contributed by atoms with Gasteiger partial charge in [0.2, 0.25) is 5.13 Å². The van der Waals surface area contributed by atoms with Gasteiger partial charge in [0.25, 0.3) is 0 Å². The third-order valence-electron chi connectivity index (χ3n) is 4.91. The lowest BCUT2D eigenvalue weighted by Crippen LogP contribution is -1.98. The van der Waals surface area contributed by atoms with E-state index in [1.54, 1.807) is 11.3 Å². The van der Waals surface area contributed by atoms with Crippen molar-refractivity contribution in [3.63, 3.8) is 0 Å². The minimum Gasteiger partial charge on any atom is -0.342 e. The predicted octanol–water partition coefficient (Wildman–Crippen LogP) is 6.05. The van der Waals surface area contributed by atoms with Crippen molar-refractivity contribution < 1.29 is 0 Å². The van der Waals surface area contributed by atoms with Gasteiger partial charge < -0.3 is 4.57 Å². The van der Waals surface area contributed by atoms with Crippen molar-refractivity contribution in [3.8, 4) is 0 Å². The largest absolute Gasteiger partial charge is 0.342 e. The molecule has 0 fully saturated rings.